The lowest BCUT2D eigenvalue weighted by Crippen LogP contribution is -2.61. The maximum atomic E-state index is 14.2. The first-order chi connectivity index (χ1) is 13.1. The number of benzene rings is 1. The van der Waals surface area contributed by atoms with Gasteiger partial charge < -0.3 is 9.80 Å². The van der Waals surface area contributed by atoms with E-state index in [0.717, 1.165) is 18.5 Å². The lowest BCUT2D eigenvalue weighted by atomic mass is 9.85. The second kappa shape index (κ2) is 7.10. The van der Waals surface area contributed by atoms with Crippen molar-refractivity contribution in [2.75, 3.05) is 13.1 Å². The summed E-state index contributed by atoms with van der Waals surface area (Å²) in [5, 5.41) is 0. The minimum absolute atomic E-state index is 0.0356. The molecule has 5 nitrogen and oxygen atoms in total. The van der Waals surface area contributed by atoms with Crippen LogP contribution in [0.5, 0.6) is 0 Å². The highest BCUT2D eigenvalue weighted by Crippen LogP contribution is 2.39. The third-order valence-electron chi connectivity index (χ3n) is 5.62. The predicted molar refractivity (Wildman–Crippen MR) is 98.3 cm³/mol. The predicted octanol–water partition coefficient (Wildman–Crippen LogP) is 3.02. The number of pyridine rings is 1. The number of piperidine rings is 1. The van der Waals surface area contributed by atoms with Crippen LogP contribution in [0.4, 0.5) is 4.39 Å². The molecule has 6 heteroatoms. The second-order valence-electron chi connectivity index (χ2n) is 7.22. The Balaban J connectivity index is 1.61. The van der Waals surface area contributed by atoms with E-state index in [9.17, 15) is 14.0 Å². The number of nitrogens with zero attached hydrogens (tertiary/aromatic N) is 3. The van der Waals surface area contributed by atoms with E-state index in [1.165, 1.54) is 12.1 Å². The fraction of sp³-hybridized carbons (Fsp3) is 0.381. The van der Waals surface area contributed by atoms with Crippen molar-refractivity contribution in [1.29, 1.82) is 0 Å². The van der Waals surface area contributed by atoms with Crippen LogP contribution in [0.15, 0.2) is 48.7 Å². The number of carbonyl (C=O) groups is 2. The SMILES string of the molecule is O=C(c1ccccc1F)N1CCCC12CCCN(Cc1ccccn1)C2=O. The van der Waals surface area contributed by atoms with Gasteiger partial charge in [-0.3, -0.25) is 14.6 Å². The topological polar surface area (TPSA) is 53.5 Å². The molecule has 0 aliphatic carbocycles. The van der Waals surface area contributed by atoms with Crippen LogP contribution in [-0.4, -0.2) is 45.2 Å². The van der Waals surface area contributed by atoms with Gasteiger partial charge in [-0.1, -0.05) is 18.2 Å². The Morgan fingerprint density at radius 1 is 1.07 bits per heavy atom. The van der Waals surface area contributed by atoms with Crippen molar-refractivity contribution in [2.24, 2.45) is 0 Å². The van der Waals surface area contributed by atoms with Gasteiger partial charge in [-0.05, 0) is 49.9 Å². The lowest BCUT2D eigenvalue weighted by Gasteiger charge is -2.44. The molecule has 4 rings (SSSR count). The summed E-state index contributed by atoms with van der Waals surface area (Å²) in [7, 11) is 0. The average molecular weight is 367 g/mol. The maximum Gasteiger partial charge on any atom is 0.257 e. The molecular weight excluding hydrogens is 345 g/mol. The van der Waals surface area contributed by atoms with Crippen LogP contribution in [0.2, 0.25) is 0 Å². The lowest BCUT2D eigenvalue weighted by molar-refractivity contribution is -0.146. The van der Waals surface area contributed by atoms with E-state index in [4.69, 9.17) is 0 Å². The van der Waals surface area contributed by atoms with Gasteiger partial charge in [-0.25, -0.2) is 4.39 Å². The summed E-state index contributed by atoms with van der Waals surface area (Å²) in [6.07, 6.45) is 4.54. The minimum atomic E-state index is -0.855. The van der Waals surface area contributed by atoms with E-state index in [0.29, 0.717) is 32.5 Å². The molecule has 2 aromatic rings. The first kappa shape index (κ1) is 17.6. The van der Waals surface area contributed by atoms with Gasteiger partial charge in [0.2, 0.25) is 5.91 Å². The Morgan fingerprint density at radius 3 is 2.56 bits per heavy atom. The number of halogens is 1. The largest absolute Gasteiger partial charge is 0.335 e. The first-order valence-electron chi connectivity index (χ1n) is 9.38. The number of hydrogen-bond acceptors (Lipinski definition) is 3. The number of rotatable bonds is 3. The van der Waals surface area contributed by atoms with E-state index in [-0.39, 0.29) is 11.5 Å². The molecule has 1 aromatic carbocycles. The Morgan fingerprint density at radius 2 is 1.81 bits per heavy atom. The van der Waals surface area contributed by atoms with Crippen molar-refractivity contribution in [3.63, 3.8) is 0 Å². The number of likely N-dealkylation sites (tertiary alicyclic amines) is 2. The molecule has 3 heterocycles. The van der Waals surface area contributed by atoms with Crippen LogP contribution >= 0.6 is 0 Å². The Kier molecular flexibility index (Phi) is 4.64. The first-order valence-corrected chi connectivity index (χ1v) is 9.38. The van der Waals surface area contributed by atoms with Crippen LogP contribution in [0.3, 0.4) is 0 Å². The fourth-order valence-corrected chi connectivity index (χ4v) is 4.34. The van der Waals surface area contributed by atoms with Gasteiger partial charge in [0, 0.05) is 19.3 Å². The Labute approximate surface area is 157 Å². The highest BCUT2D eigenvalue weighted by molar-refractivity contribution is 6.00. The van der Waals surface area contributed by atoms with Gasteiger partial charge in [0.05, 0.1) is 17.8 Å². The highest BCUT2D eigenvalue weighted by atomic mass is 19.1. The maximum absolute atomic E-state index is 14.2. The van der Waals surface area contributed by atoms with Gasteiger partial charge in [0.25, 0.3) is 5.91 Å². The zero-order valence-corrected chi connectivity index (χ0v) is 15.1. The number of aromatic nitrogens is 1. The van der Waals surface area contributed by atoms with Crippen LogP contribution in [0.25, 0.3) is 0 Å². The van der Waals surface area contributed by atoms with Gasteiger partial charge in [0.1, 0.15) is 11.4 Å². The van der Waals surface area contributed by atoms with E-state index < -0.39 is 17.3 Å². The summed E-state index contributed by atoms with van der Waals surface area (Å²) in [4.78, 5) is 34.2. The minimum Gasteiger partial charge on any atom is -0.335 e. The molecule has 1 spiro atoms. The number of hydrogen-bond donors (Lipinski definition) is 0. The van der Waals surface area contributed by atoms with Crippen molar-refractivity contribution in [3.05, 3.63) is 65.7 Å². The quantitative estimate of drug-likeness (QED) is 0.838. The van der Waals surface area contributed by atoms with Gasteiger partial charge in [-0.2, -0.15) is 0 Å². The molecule has 27 heavy (non-hydrogen) atoms. The number of amides is 2. The number of carbonyl (C=O) groups excluding carboxylic acids is 2. The van der Waals surface area contributed by atoms with Crippen LogP contribution < -0.4 is 0 Å². The average Bonchev–Trinajstić information content (AvgIpc) is 3.11. The van der Waals surface area contributed by atoms with Crippen molar-refractivity contribution < 1.29 is 14.0 Å². The fourth-order valence-electron chi connectivity index (χ4n) is 4.34. The molecular formula is C21H22FN3O2. The summed E-state index contributed by atoms with van der Waals surface area (Å²) in [5.41, 5.74) is 0.00755. The highest BCUT2D eigenvalue weighted by Gasteiger charge is 2.53. The Hall–Kier alpha value is -2.76. The monoisotopic (exact) mass is 367 g/mol. The van der Waals surface area contributed by atoms with Crippen molar-refractivity contribution in [2.45, 2.75) is 37.8 Å². The zero-order valence-electron chi connectivity index (χ0n) is 15.1. The molecule has 2 amide bonds. The normalized spacial score (nSPS) is 22.5. The summed E-state index contributed by atoms with van der Waals surface area (Å²) in [6.45, 7) is 1.57. The van der Waals surface area contributed by atoms with Gasteiger partial charge in [-0.15, -0.1) is 0 Å². The molecule has 0 bridgehead atoms. The van der Waals surface area contributed by atoms with Crippen molar-refractivity contribution >= 4 is 11.8 Å². The summed E-state index contributed by atoms with van der Waals surface area (Å²) in [6, 6.07) is 11.6. The summed E-state index contributed by atoms with van der Waals surface area (Å²) >= 11 is 0. The summed E-state index contributed by atoms with van der Waals surface area (Å²) < 4.78 is 14.2. The molecule has 2 aliphatic heterocycles. The molecule has 0 radical (unpaired) electrons. The molecule has 2 saturated heterocycles. The molecule has 1 aromatic heterocycles. The molecule has 1 atom stereocenters. The van der Waals surface area contributed by atoms with E-state index >= 15 is 0 Å². The smallest absolute Gasteiger partial charge is 0.257 e. The van der Waals surface area contributed by atoms with Gasteiger partial charge in [0.15, 0.2) is 0 Å². The van der Waals surface area contributed by atoms with E-state index in [1.807, 2.05) is 18.2 Å². The summed E-state index contributed by atoms with van der Waals surface area (Å²) in [5.74, 6) is -0.974. The molecule has 0 N–H and O–H groups in total. The van der Waals surface area contributed by atoms with Crippen molar-refractivity contribution in [1.82, 2.24) is 14.8 Å². The molecule has 1 unspecified atom stereocenters. The van der Waals surface area contributed by atoms with E-state index in [1.54, 1.807) is 28.1 Å². The molecule has 2 aliphatic rings. The van der Waals surface area contributed by atoms with Crippen LogP contribution in [-0.2, 0) is 11.3 Å². The molecule has 140 valence electrons. The third kappa shape index (κ3) is 3.09. The van der Waals surface area contributed by atoms with Crippen molar-refractivity contribution in [3.8, 4) is 0 Å². The van der Waals surface area contributed by atoms with E-state index in [2.05, 4.69) is 4.98 Å². The standard InChI is InChI=1S/C21H22FN3O2/c22-18-9-2-1-8-17(18)19(26)25-14-6-11-21(25)10-5-13-24(20(21)27)15-16-7-3-4-12-23-16/h1-4,7-9,12H,5-6,10-11,13-15H2. The van der Waals surface area contributed by atoms with Crippen LogP contribution in [0, 0.1) is 5.82 Å². The molecule has 0 saturated carbocycles. The Bertz CT molecular complexity index is 858. The van der Waals surface area contributed by atoms with Gasteiger partial charge >= 0.3 is 0 Å². The zero-order chi connectivity index (χ0) is 18.9. The van der Waals surface area contributed by atoms with Crippen LogP contribution in [0.1, 0.15) is 41.7 Å². The second-order valence-corrected chi connectivity index (χ2v) is 7.22. The third-order valence-corrected chi connectivity index (χ3v) is 5.62. The molecule has 2 fully saturated rings.